The fraction of sp³-hybridized carbons (Fsp3) is 0.571. The van der Waals surface area contributed by atoms with Gasteiger partial charge < -0.3 is 10.6 Å². The Morgan fingerprint density at radius 2 is 2.12 bits per heavy atom. The minimum absolute atomic E-state index is 0.844. The van der Waals surface area contributed by atoms with E-state index in [0.29, 0.717) is 0 Å². The summed E-state index contributed by atoms with van der Waals surface area (Å²) in [6, 6.07) is 6.04. The Hall–Kier alpha value is -0.730. The van der Waals surface area contributed by atoms with Gasteiger partial charge in [-0.1, -0.05) is 17.7 Å². The number of hydrogen-bond donors (Lipinski definition) is 2. The van der Waals surface area contributed by atoms with Gasteiger partial charge in [-0.05, 0) is 62.9 Å². The molecule has 1 aliphatic heterocycles. The van der Waals surface area contributed by atoms with Crippen molar-refractivity contribution < 1.29 is 0 Å². The lowest BCUT2D eigenvalue weighted by Gasteiger charge is -2.23. The van der Waals surface area contributed by atoms with Gasteiger partial charge in [0.1, 0.15) is 0 Å². The van der Waals surface area contributed by atoms with Crippen LogP contribution < -0.4 is 10.6 Å². The molecule has 0 spiro atoms. The van der Waals surface area contributed by atoms with E-state index >= 15 is 0 Å². The lowest BCUT2D eigenvalue weighted by Crippen LogP contribution is -2.28. The quantitative estimate of drug-likeness (QED) is 0.858. The summed E-state index contributed by atoms with van der Waals surface area (Å²) in [6.07, 6.45) is 3.89. The van der Waals surface area contributed by atoms with Crippen LogP contribution in [0, 0.1) is 12.8 Å². The van der Waals surface area contributed by atoms with Gasteiger partial charge >= 0.3 is 0 Å². The summed E-state index contributed by atoms with van der Waals surface area (Å²) in [5.74, 6) is 0.878. The largest absolute Gasteiger partial charge is 0.385 e. The molecule has 2 rings (SSSR count). The molecule has 1 fully saturated rings. The third-order valence-corrected chi connectivity index (χ3v) is 4.00. The molecule has 1 aromatic rings. The Bertz CT molecular complexity index is 359. The number of piperidine rings is 1. The smallest absolute Gasteiger partial charge is 0.0455 e. The van der Waals surface area contributed by atoms with Crippen molar-refractivity contribution in [2.75, 3.05) is 25.0 Å². The molecule has 1 aromatic carbocycles. The summed E-state index contributed by atoms with van der Waals surface area (Å²) in [7, 11) is 0. The van der Waals surface area contributed by atoms with E-state index < -0.39 is 0 Å². The van der Waals surface area contributed by atoms with Crippen LogP contribution in [-0.2, 0) is 0 Å². The molecule has 2 nitrogen and oxygen atoms in total. The number of anilines is 1. The summed E-state index contributed by atoms with van der Waals surface area (Å²) < 4.78 is 0. The Balaban J connectivity index is 1.79. The van der Waals surface area contributed by atoms with Crippen LogP contribution in [0.3, 0.4) is 0 Å². The highest BCUT2D eigenvalue weighted by molar-refractivity contribution is 6.31. The molecule has 0 bridgehead atoms. The van der Waals surface area contributed by atoms with E-state index in [1.165, 1.54) is 38.0 Å². The average molecular weight is 253 g/mol. The van der Waals surface area contributed by atoms with Gasteiger partial charge in [0.15, 0.2) is 0 Å². The second-order valence-electron chi connectivity index (χ2n) is 4.82. The van der Waals surface area contributed by atoms with Gasteiger partial charge in [0.05, 0.1) is 0 Å². The van der Waals surface area contributed by atoms with E-state index in [9.17, 15) is 0 Å². The van der Waals surface area contributed by atoms with Crippen LogP contribution in [0.5, 0.6) is 0 Å². The molecule has 0 unspecified atom stereocenters. The van der Waals surface area contributed by atoms with Crippen LogP contribution in [-0.4, -0.2) is 19.6 Å². The van der Waals surface area contributed by atoms with Crippen molar-refractivity contribution >= 4 is 17.3 Å². The summed E-state index contributed by atoms with van der Waals surface area (Å²) in [5, 5.41) is 7.74. The minimum Gasteiger partial charge on any atom is -0.385 e. The molecule has 1 heterocycles. The molecule has 1 aliphatic rings. The fourth-order valence-electron chi connectivity index (χ4n) is 2.38. The SMILES string of the molecule is Cc1c(Cl)cccc1NCCC1CCNCC1. The molecule has 3 heteroatoms. The van der Waals surface area contributed by atoms with Crippen molar-refractivity contribution in [1.29, 1.82) is 0 Å². The highest BCUT2D eigenvalue weighted by Gasteiger charge is 2.12. The Morgan fingerprint density at radius 1 is 1.35 bits per heavy atom. The predicted octanol–water partition coefficient (Wildman–Crippen LogP) is 3.45. The first-order chi connectivity index (χ1) is 8.27. The van der Waals surface area contributed by atoms with Crippen molar-refractivity contribution in [3.8, 4) is 0 Å². The Kier molecular flexibility index (Phi) is 4.69. The van der Waals surface area contributed by atoms with E-state index in [1.54, 1.807) is 0 Å². The first kappa shape index (κ1) is 12.7. The van der Waals surface area contributed by atoms with Crippen molar-refractivity contribution in [1.82, 2.24) is 5.32 Å². The number of benzene rings is 1. The molecule has 0 atom stereocenters. The van der Waals surface area contributed by atoms with Crippen LogP contribution in [0.1, 0.15) is 24.8 Å². The van der Waals surface area contributed by atoms with Gasteiger partial charge in [0.25, 0.3) is 0 Å². The normalized spacial score (nSPS) is 17.1. The molecule has 0 amide bonds. The highest BCUT2D eigenvalue weighted by atomic mass is 35.5. The molecular formula is C14H21ClN2. The summed E-state index contributed by atoms with van der Waals surface area (Å²) in [6.45, 7) is 5.47. The van der Waals surface area contributed by atoms with Gasteiger partial charge in [-0.3, -0.25) is 0 Å². The predicted molar refractivity (Wildman–Crippen MR) is 74.9 cm³/mol. The lowest BCUT2D eigenvalue weighted by molar-refractivity contribution is 0.361. The summed E-state index contributed by atoms with van der Waals surface area (Å²) >= 11 is 6.09. The maximum atomic E-state index is 6.09. The van der Waals surface area contributed by atoms with Crippen molar-refractivity contribution in [2.24, 2.45) is 5.92 Å². The van der Waals surface area contributed by atoms with Crippen LogP contribution in [0.4, 0.5) is 5.69 Å². The molecule has 94 valence electrons. The second kappa shape index (κ2) is 6.27. The fourth-order valence-corrected chi connectivity index (χ4v) is 2.55. The molecule has 0 radical (unpaired) electrons. The molecular weight excluding hydrogens is 232 g/mol. The molecule has 0 saturated carbocycles. The average Bonchev–Trinajstić information content (AvgIpc) is 2.36. The van der Waals surface area contributed by atoms with Crippen LogP contribution >= 0.6 is 11.6 Å². The molecule has 17 heavy (non-hydrogen) atoms. The maximum Gasteiger partial charge on any atom is 0.0455 e. The van der Waals surface area contributed by atoms with E-state index in [0.717, 1.165) is 23.0 Å². The Morgan fingerprint density at radius 3 is 2.88 bits per heavy atom. The van der Waals surface area contributed by atoms with Gasteiger partial charge in [-0.15, -0.1) is 0 Å². The van der Waals surface area contributed by atoms with E-state index in [-0.39, 0.29) is 0 Å². The summed E-state index contributed by atoms with van der Waals surface area (Å²) in [5.41, 5.74) is 2.32. The summed E-state index contributed by atoms with van der Waals surface area (Å²) in [4.78, 5) is 0. The standard InChI is InChI=1S/C14H21ClN2/c1-11-13(15)3-2-4-14(11)17-10-7-12-5-8-16-9-6-12/h2-4,12,16-17H,5-10H2,1H3. The first-order valence-corrected chi connectivity index (χ1v) is 6.85. The number of halogens is 1. The number of hydrogen-bond acceptors (Lipinski definition) is 2. The monoisotopic (exact) mass is 252 g/mol. The molecule has 0 aliphatic carbocycles. The van der Waals surface area contributed by atoms with Crippen LogP contribution in [0.15, 0.2) is 18.2 Å². The third-order valence-electron chi connectivity index (χ3n) is 3.59. The molecule has 2 N–H and O–H groups in total. The number of rotatable bonds is 4. The van der Waals surface area contributed by atoms with Gasteiger partial charge in [0, 0.05) is 17.3 Å². The highest BCUT2D eigenvalue weighted by Crippen LogP contribution is 2.23. The topological polar surface area (TPSA) is 24.1 Å². The minimum atomic E-state index is 0.844. The zero-order valence-electron chi connectivity index (χ0n) is 10.4. The third kappa shape index (κ3) is 3.62. The first-order valence-electron chi connectivity index (χ1n) is 6.47. The maximum absolute atomic E-state index is 6.09. The van der Waals surface area contributed by atoms with E-state index in [4.69, 9.17) is 11.6 Å². The van der Waals surface area contributed by atoms with Crippen molar-refractivity contribution in [3.05, 3.63) is 28.8 Å². The zero-order valence-corrected chi connectivity index (χ0v) is 11.2. The van der Waals surface area contributed by atoms with Gasteiger partial charge in [-0.25, -0.2) is 0 Å². The van der Waals surface area contributed by atoms with Crippen molar-refractivity contribution in [2.45, 2.75) is 26.2 Å². The van der Waals surface area contributed by atoms with Crippen LogP contribution in [0.2, 0.25) is 5.02 Å². The molecule has 0 aromatic heterocycles. The van der Waals surface area contributed by atoms with Crippen molar-refractivity contribution in [3.63, 3.8) is 0 Å². The van der Waals surface area contributed by atoms with E-state index in [1.807, 2.05) is 12.1 Å². The van der Waals surface area contributed by atoms with Gasteiger partial charge in [0.2, 0.25) is 0 Å². The van der Waals surface area contributed by atoms with Gasteiger partial charge in [-0.2, -0.15) is 0 Å². The Labute approximate surface area is 109 Å². The van der Waals surface area contributed by atoms with Crippen LogP contribution in [0.25, 0.3) is 0 Å². The lowest BCUT2D eigenvalue weighted by atomic mass is 9.95. The second-order valence-corrected chi connectivity index (χ2v) is 5.23. The van der Waals surface area contributed by atoms with E-state index in [2.05, 4.69) is 23.6 Å². The molecule has 1 saturated heterocycles. The number of nitrogens with one attached hydrogen (secondary N) is 2. The zero-order chi connectivity index (χ0) is 12.1.